The van der Waals surface area contributed by atoms with Crippen LogP contribution in [0.3, 0.4) is 0 Å². The van der Waals surface area contributed by atoms with Crippen LogP contribution in [0, 0.1) is 0 Å². The maximum atomic E-state index is 12.9. The zero-order chi connectivity index (χ0) is 17.4. The molecule has 1 aromatic rings. The largest absolute Gasteiger partial charge is 0.418 e. The van der Waals surface area contributed by atoms with Crippen molar-refractivity contribution >= 4 is 11.6 Å². The highest BCUT2D eigenvalue weighted by atomic mass is 19.4. The molecule has 0 saturated carbocycles. The van der Waals surface area contributed by atoms with Gasteiger partial charge in [0.15, 0.2) is 0 Å². The first-order chi connectivity index (χ1) is 11.5. The second-order valence-electron chi connectivity index (χ2n) is 5.95. The standard InChI is InChI=1S/C18H23F3N2O/c19-18(20,21)15-8-4-5-9-16(15)23-17(24)11-13-22-12-10-14-6-2-1-3-7-14/h4-6,8-9,22H,1-3,7,10-13H2,(H,23,24). The van der Waals surface area contributed by atoms with E-state index in [-0.39, 0.29) is 12.1 Å². The van der Waals surface area contributed by atoms with Gasteiger partial charge in [-0.05, 0) is 50.8 Å². The summed E-state index contributed by atoms with van der Waals surface area (Å²) < 4.78 is 38.6. The number of anilines is 1. The molecule has 132 valence electrons. The number of amides is 1. The minimum Gasteiger partial charge on any atom is -0.325 e. The topological polar surface area (TPSA) is 41.1 Å². The number of hydrogen-bond acceptors (Lipinski definition) is 2. The van der Waals surface area contributed by atoms with Crippen LogP contribution < -0.4 is 10.6 Å². The van der Waals surface area contributed by atoms with Gasteiger partial charge >= 0.3 is 6.18 Å². The van der Waals surface area contributed by atoms with Crippen molar-refractivity contribution in [1.29, 1.82) is 0 Å². The summed E-state index contributed by atoms with van der Waals surface area (Å²) in [5.41, 5.74) is 0.440. The Balaban J connectivity index is 1.71. The summed E-state index contributed by atoms with van der Waals surface area (Å²) in [5, 5.41) is 5.52. The van der Waals surface area contributed by atoms with E-state index in [0.29, 0.717) is 6.54 Å². The van der Waals surface area contributed by atoms with Crippen LogP contribution in [0.1, 0.15) is 44.1 Å². The SMILES string of the molecule is O=C(CCNCCC1=CCCCC1)Nc1ccccc1C(F)(F)F. The monoisotopic (exact) mass is 340 g/mol. The molecule has 0 heterocycles. The van der Waals surface area contributed by atoms with Crippen LogP contribution in [0.2, 0.25) is 0 Å². The lowest BCUT2D eigenvalue weighted by molar-refractivity contribution is -0.137. The molecule has 1 amide bonds. The summed E-state index contributed by atoms with van der Waals surface area (Å²) in [7, 11) is 0. The number of hydrogen-bond donors (Lipinski definition) is 2. The number of carbonyl (C=O) groups is 1. The van der Waals surface area contributed by atoms with Crippen LogP contribution in [0.25, 0.3) is 0 Å². The third-order valence-corrected chi connectivity index (χ3v) is 4.04. The lowest BCUT2D eigenvalue weighted by Gasteiger charge is -2.14. The first kappa shape index (κ1) is 18.5. The van der Waals surface area contributed by atoms with Gasteiger partial charge < -0.3 is 10.6 Å². The van der Waals surface area contributed by atoms with Gasteiger partial charge in [0.25, 0.3) is 0 Å². The lowest BCUT2D eigenvalue weighted by Crippen LogP contribution is -2.24. The normalized spacial score (nSPS) is 15.0. The second-order valence-corrected chi connectivity index (χ2v) is 5.95. The lowest BCUT2D eigenvalue weighted by atomic mass is 9.97. The molecule has 6 heteroatoms. The molecule has 0 atom stereocenters. The average molecular weight is 340 g/mol. The maximum Gasteiger partial charge on any atom is 0.418 e. The molecule has 0 radical (unpaired) electrons. The van der Waals surface area contributed by atoms with Gasteiger partial charge in [-0.15, -0.1) is 0 Å². The Labute approximate surface area is 140 Å². The van der Waals surface area contributed by atoms with Crippen molar-refractivity contribution in [3.8, 4) is 0 Å². The Hall–Kier alpha value is -1.82. The molecule has 2 rings (SSSR count). The predicted octanol–water partition coefficient (Wildman–Crippen LogP) is 4.51. The molecular weight excluding hydrogens is 317 g/mol. The number of carbonyl (C=O) groups excluding carboxylic acids is 1. The number of para-hydroxylation sites is 1. The molecule has 0 unspecified atom stereocenters. The zero-order valence-electron chi connectivity index (χ0n) is 13.6. The fraction of sp³-hybridized carbons (Fsp3) is 0.500. The van der Waals surface area contributed by atoms with Gasteiger partial charge in [0, 0.05) is 13.0 Å². The van der Waals surface area contributed by atoms with Gasteiger partial charge in [-0.3, -0.25) is 4.79 Å². The Morgan fingerprint density at radius 3 is 2.62 bits per heavy atom. The number of alkyl halides is 3. The zero-order valence-corrected chi connectivity index (χ0v) is 13.6. The molecule has 24 heavy (non-hydrogen) atoms. The molecule has 3 nitrogen and oxygen atoms in total. The van der Waals surface area contributed by atoms with E-state index in [1.165, 1.54) is 36.6 Å². The fourth-order valence-electron chi connectivity index (χ4n) is 2.76. The molecule has 0 spiro atoms. The number of rotatable bonds is 7. The number of allylic oxidation sites excluding steroid dienone is 1. The molecule has 2 N–H and O–H groups in total. The maximum absolute atomic E-state index is 12.9. The van der Waals surface area contributed by atoms with Crippen molar-refractivity contribution in [2.24, 2.45) is 0 Å². The molecule has 0 saturated heterocycles. The number of benzene rings is 1. The summed E-state index contributed by atoms with van der Waals surface area (Å²) in [6.45, 7) is 1.24. The van der Waals surface area contributed by atoms with Crippen LogP contribution in [0.4, 0.5) is 18.9 Å². The molecule has 0 bridgehead atoms. The van der Waals surface area contributed by atoms with Gasteiger partial charge in [0.2, 0.25) is 5.91 Å². The van der Waals surface area contributed by atoms with E-state index in [0.717, 1.165) is 31.9 Å². The number of nitrogens with one attached hydrogen (secondary N) is 2. The predicted molar refractivity (Wildman–Crippen MR) is 88.7 cm³/mol. The van der Waals surface area contributed by atoms with Crippen LogP contribution >= 0.6 is 0 Å². The van der Waals surface area contributed by atoms with Crippen molar-refractivity contribution in [3.63, 3.8) is 0 Å². The molecule has 0 aliphatic heterocycles. The summed E-state index contributed by atoms with van der Waals surface area (Å²) in [6.07, 6.45) is 3.72. The average Bonchev–Trinajstić information content (AvgIpc) is 2.55. The minimum absolute atomic E-state index is 0.144. The van der Waals surface area contributed by atoms with Gasteiger partial charge in [-0.2, -0.15) is 13.2 Å². The Bertz CT molecular complexity index is 582. The van der Waals surface area contributed by atoms with E-state index in [2.05, 4.69) is 16.7 Å². The molecule has 1 aliphatic carbocycles. The van der Waals surface area contributed by atoms with E-state index in [4.69, 9.17) is 0 Å². The summed E-state index contributed by atoms with van der Waals surface area (Å²) in [5.74, 6) is -0.420. The van der Waals surface area contributed by atoms with Gasteiger partial charge in [0.05, 0.1) is 11.3 Å². The van der Waals surface area contributed by atoms with E-state index in [1.54, 1.807) is 0 Å². The van der Waals surface area contributed by atoms with Crippen molar-refractivity contribution in [2.45, 2.75) is 44.7 Å². The summed E-state index contributed by atoms with van der Waals surface area (Å²) >= 11 is 0. The molecule has 0 fully saturated rings. The highest BCUT2D eigenvalue weighted by molar-refractivity contribution is 5.91. The molecular formula is C18H23F3N2O. The Kier molecular flexibility index (Phi) is 6.85. The van der Waals surface area contributed by atoms with Crippen LogP contribution in [-0.2, 0) is 11.0 Å². The highest BCUT2D eigenvalue weighted by Gasteiger charge is 2.33. The Morgan fingerprint density at radius 1 is 1.12 bits per heavy atom. The highest BCUT2D eigenvalue weighted by Crippen LogP contribution is 2.34. The van der Waals surface area contributed by atoms with Crippen molar-refractivity contribution in [3.05, 3.63) is 41.5 Å². The van der Waals surface area contributed by atoms with Crippen LogP contribution in [0.5, 0.6) is 0 Å². The van der Waals surface area contributed by atoms with E-state index >= 15 is 0 Å². The van der Waals surface area contributed by atoms with E-state index < -0.39 is 17.6 Å². The van der Waals surface area contributed by atoms with Gasteiger partial charge in [0.1, 0.15) is 0 Å². The summed E-state index contributed by atoms with van der Waals surface area (Å²) in [4.78, 5) is 11.8. The molecule has 0 aromatic heterocycles. The van der Waals surface area contributed by atoms with Crippen LogP contribution in [-0.4, -0.2) is 19.0 Å². The van der Waals surface area contributed by atoms with Crippen LogP contribution in [0.15, 0.2) is 35.9 Å². The minimum atomic E-state index is -4.48. The first-order valence-electron chi connectivity index (χ1n) is 8.31. The van der Waals surface area contributed by atoms with Crippen molar-refractivity contribution in [2.75, 3.05) is 18.4 Å². The Morgan fingerprint density at radius 2 is 1.92 bits per heavy atom. The summed E-state index contributed by atoms with van der Waals surface area (Å²) in [6, 6.07) is 5.01. The molecule has 1 aliphatic rings. The second kappa shape index (κ2) is 8.87. The third-order valence-electron chi connectivity index (χ3n) is 4.04. The fourth-order valence-corrected chi connectivity index (χ4v) is 2.76. The third kappa shape index (κ3) is 6.00. The number of halogens is 3. The van der Waals surface area contributed by atoms with Gasteiger partial charge in [-0.25, -0.2) is 0 Å². The first-order valence-corrected chi connectivity index (χ1v) is 8.31. The molecule has 1 aromatic carbocycles. The van der Waals surface area contributed by atoms with Gasteiger partial charge in [-0.1, -0.05) is 23.8 Å². The van der Waals surface area contributed by atoms with Crippen molar-refractivity contribution in [1.82, 2.24) is 5.32 Å². The quantitative estimate of drug-likeness (QED) is 0.566. The van der Waals surface area contributed by atoms with Crippen molar-refractivity contribution < 1.29 is 18.0 Å². The smallest absolute Gasteiger partial charge is 0.325 e. The van der Waals surface area contributed by atoms with E-state index in [9.17, 15) is 18.0 Å². The van der Waals surface area contributed by atoms with E-state index in [1.807, 2.05) is 0 Å².